The quantitative estimate of drug-likeness (QED) is 0.469. The van der Waals surface area contributed by atoms with Crippen molar-refractivity contribution < 1.29 is 28.8 Å². The molecular formula is C18H25N3O6S2. The third kappa shape index (κ3) is 3.41. The molecule has 4 heterocycles. The molecular weight excluding hydrogens is 418 g/mol. The first-order valence-electron chi connectivity index (χ1n) is 9.73. The zero-order chi connectivity index (χ0) is 21.0. The van der Waals surface area contributed by atoms with Gasteiger partial charge in [0.05, 0.1) is 30.0 Å². The Morgan fingerprint density at radius 2 is 2.10 bits per heavy atom. The van der Waals surface area contributed by atoms with Gasteiger partial charge in [0.25, 0.3) is 0 Å². The van der Waals surface area contributed by atoms with Gasteiger partial charge in [-0.1, -0.05) is 6.92 Å². The number of amides is 2. The molecule has 2 amide bonds. The molecule has 11 heteroatoms. The Morgan fingerprint density at radius 1 is 1.38 bits per heavy atom. The Morgan fingerprint density at radius 3 is 2.69 bits per heavy atom. The number of carbonyl (C=O) groups excluding carboxylic acids is 2. The van der Waals surface area contributed by atoms with E-state index in [-0.39, 0.29) is 46.6 Å². The van der Waals surface area contributed by atoms with Gasteiger partial charge in [-0.15, -0.1) is 11.8 Å². The Labute approximate surface area is 175 Å². The molecule has 0 aromatic rings. The van der Waals surface area contributed by atoms with Crippen LogP contribution in [0.2, 0.25) is 0 Å². The summed E-state index contributed by atoms with van der Waals surface area (Å²) in [6.07, 6.45) is -0.277. The van der Waals surface area contributed by atoms with E-state index < -0.39 is 28.8 Å². The van der Waals surface area contributed by atoms with Crippen molar-refractivity contribution in [2.24, 2.45) is 11.8 Å². The molecule has 3 N–H and O–H groups in total. The molecule has 3 saturated heterocycles. The fraction of sp³-hybridized carbons (Fsp3) is 0.722. The lowest BCUT2D eigenvalue weighted by molar-refractivity contribution is -0.163. The molecule has 0 spiro atoms. The van der Waals surface area contributed by atoms with E-state index in [1.54, 1.807) is 11.8 Å². The van der Waals surface area contributed by atoms with E-state index in [1.807, 2.05) is 6.92 Å². The fourth-order valence-electron chi connectivity index (χ4n) is 4.75. The largest absolute Gasteiger partial charge is 0.477 e. The van der Waals surface area contributed by atoms with Crippen LogP contribution in [-0.4, -0.2) is 90.2 Å². The number of hydrogen-bond acceptors (Lipinski definition) is 7. The van der Waals surface area contributed by atoms with Crippen LogP contribution in [0.4, 0.5) is 0 Å². The van der Waals surface area contributed by atoms with E-state index >= 15 is 0 Å². The molecule has 7 atom stereocenters. The number of carboxylic acids is 1. The number of fused-ring (bicyclic) bond motifs is 1. The Balaban J connectivity index is 1.46. The van der Waals surface area contributed by atoms with Gasteiger partial charge in [-0.3, -0.25) is 13.8 Å². The molecule has 0 aliphatic carbocycles. The highest BCUT2D eigenvalue weighted by atomic mass is 32.2. The molecule has 0 bridgehead atoms. The number of thioether (sulfide) groups is 1. The molecule has 0 radical (unpaired) electrons. The van der Waals surface area contributed by atoms with E-state index in [4.69, 9.17) is 0 Å². The van der Waals surface area contributed by atoms with Crippen LogP contribution in [0.3, 0.4) is 0 Å². The summed E-state index contributed by atoms with van der Waals surface area (Å²) < 4.78 is 11.6. The number of hydrogen-bond donors (Lipinski definition) is 3. The Hall–Kier alpha value is -1.43. The maximum Gasteiger partial charge on any atom is 0.353 e. The minimum atomic E-state index is -1.14. The number of rotatable bonds is 5. The zero-order valence-electron chi connectivity index (χ0n) is 16.2. The number of β-lactam (4-membered cyclic amide) rings is 1. The lowest BCUT2D eigenvalue weighted by Gasteiger charge is -2.46. The highest BCUT2D eigenvalue weighted by Crippen LogP contribution is 2.51. The second-order valence-corrected chi connectivity index (χ2v) is 11.0. The molecule has 4 aliphatic heterocycles. The van der Waals surface area contributed by atoms with E-state index in [1.165, 1.54) is 16.7 Å². The van der Waals surface area contributed by atoms with Crippen molar-refractivity contribution in [1.82, 2.24) is 15.1 Å². The number of nitrogens with one attached hydrogen (secondary N) is 1. The van der Waals surface area contributed by atoms with Gasteiger partial charge in [0.2, 0.25) is 11.8 Å². The van der Waals surface area contributed by atoms with Gasteiger partial charge in [0.15, 0.2) is 0 Å². The summed E-state index contributed by atoms with van der Waals surface area (Å²) >= 11 is 1.42. The average Bonchev–Trinajstić information content (AvgIpc) is 3.33. The number of aliphatic carboxylic acids is 1. The maximum absolute atomic E-state index is 12.6. The minimum Gasteiger partial charge on any atom is -0.477 e. The number of nitrogens with zero attached hydrogens (tertiary/aromatic N) is 2. The van der Waals surface area contributed by atoms with Crippen LogP contribution in [0.25, 0.3) is 0 Å². The summed E-state index contributed by atoms with van der Waals surface area (Å²) in [5.74, 6) is -1.51. The minimum absolute atomic E-state index is 0.00246. The van der Waals surface area contributed by atoms with E-state index in [0.717, 1.165) is 0 Å². The molecule has 9 nitrogen and oxygen atoms in total. The van der Waals surface area contributed by atoms with Gasteiger partial charge in [-0.2, -0.15) is 0 Å². The first-order chi connectivity index (χ1) is 13.7. The predicted octanol–water partition coefficient (Wildman–Crippen LogP) is -0.848. The monoisotopic (exact) mass is 443 g/mol. The van der Waals surface area contributed by atoms with Crippen LogP contribution in [-0.2, 0) is 25.2 Å². The first-order valence-corrected chi connectivity index (χ1v) is 12.1. The van der Waals surface area contributed by atoms with Gasteiger partial charge in [0.1, 0.15) is 5.70 Å². The first kappa shape index (κ1) is 20.8. The summed E-state index contributed by atoms with van der Waals surface area (Å²) in [7, 11) is -0.971. The van der Waals surface area contributed by atoms with E-state index in [0.29, 0.717) is 30.2 Å². The summed E-state index contributed by atoms with van der Waals surface area (Å²) in [6.45, 7) is 4.51. The van der Waals surface area contributed by atoms with Crippen molar-refractivity contribution in [3.8, 4) is 0 Å². The lowest BCUT2D eigenvalue weighted by atomic mass is 9.79. The molecule has 4 aliphatic rings. The van der Waals surface area contributed by atoms with Crippen molar-refractivity contribution in [2.75, 3.05) is 24.7 Å². The Bertz CT molecular complexity index is 815. The molecule has 4 rings (SSSR count). The molecule has 160 valence electrons. The summed E-state index contributed by atoms with van der Waals surface area (Å²) in [6, 6.07) is -0.695. The van der Waals surface area contributed by atoms with Crippen LogP contribution in [0.15, 0.2) is 10.6 Å². The molecule has 3 fully saturated rings. The van der Waals surface area contributed by atoms with Crippen molar-refractivity contribution in [2.45, 2.75) is 43.7 Å². The summed E-state index contributed by atoms with van der Waals surface area (Å²) in [5, 5.41) is 22.8. The van der Waals surface area contributed by atoms with Crippen LogP contribution in [0, 0.1) is 11.8 Å². The van der Waals surface area contributed by atoms with Gasteiger partial charge < -0.3 is 25.3 Å². The Kier molecular flexibility index (Phi) is 5.51. The van der Waals surface area contributed by atoms with Crippen molar-refractivity contribution in [1.29, 1.82) is 0 Å². The molecule has 0 saturated carbocycles. The topological polar surface area (TPSA) is 127 Å². The lowest BCUT2D eigenvalue weighted by Crippen LogP contribution is -2.63. The second-order valence-electron chi connectivity index (χ2n) is 8.08. The second kappa shape index (κ2) is 7.68. The number of carboxylic acid groups (broad SMARTS) is 1. The highest BCUT2D eigenvalue weighted by molar-refractivity contribution is 8.03. The van der Waals surface area contributed by atoms with Gasteiger partial charge in [0, 0.05) is 45.7 Å². The summed E-state index contributed by atoms with van der Waals surface area (Å²) in [5.41, 5.74) is 0.0131. The van der Waals surface area contributed by atoms with Crippen LogP contribution in [0.5, 0.6) is 0 Å². The predicted molar refractivity (Wildman–Crippen MR) is 107 cm³/mol. The number of aliphatic hydroxyl groups excluding tert-OH is 1. The fourth-order valence-corrected chi connectivity index (χ4v) is 7.38. The summed E-state index contributed by atoms with van der Waals surface area (Å²) in [4.78, 5) is 40.5. The highest BCUT2D eigenvalue weighted by Gasteiger charge is 2.60. The maximum atomic E-state index is 12.6. The van der Waals surface area contributed by atoms with E-state index in [9.17, 15) is 28.8 Å². The van der Waals surface area contributed by atoms with Crippen LogP contribution < -0.4 is 5.32 Å². The SMILES string of the molecule is C[C@@H]1C(S[C@@H]2CN[C@H](C(=O)N3CCS(=O)C3)C2)=C(C(=O)O)N2C(=O)[C@H]([C@@H](C)O)[C@@H]12. The van der Waals surface area contributed by atoms with Crippen molar-refractivity contribution >= 4 is 40.3 Å². The molecule has 1 unspecified atom stereocenters. The smallest absolute Gasteiger partial charge is 0.353 e. The zero-order valence-corrected chi connectivity index (χ0v) is 17.9. The number of carbonyl (C=O) groups is 3. The normalized spacial score (nSPS) is 37.7. The third-order valence-electron chi connectivity index (χ3n) is 6.19. The standard InChI is InChI=1S/C18H25N3O6S2/c1-8-13-12(9(2)22)17(24)21(13)14(18(25)26)15(8)28-10-5-11(19-6-10)16(23)20-3-4-29(27)7-20/h8-13,19,22H,3-7H2,1-2H3,(H,25,26)/t8-,9+,10-,11-,12+,13+,29?/m0/s1. The van der Waals surface area contributed by atoms with Crippen molar-refractivity contribution in [3.05, 3.63) is 10.6 Å². The number of aliphatic hydroxyl groups is 1. The third-order valence-corrected chi connectivity index (χ3v) is 8.94. The van der Waals surface area contributed by atoms with Crippen LogP contribution >= 0.6 is 11.8 Å². The molecule has 0 aromatic heterocycles. The van der Waals surface area contributed by atoms with E-state index in [2.05, 4.69) is 5.32 Å². The molecule has 29 heavy (non-hydrogen) atoms. The van der Waals surface area contributed by atoms with Gasteiger partial charge in [-0.25, -0.2) is 4.79 Å². The van der Waals surface area contributed by atoms with Gasteiger partial charge in [-0.05, 0) is 13.3 Å². The van der Waals surface area contributed by atoms with Gasteiger partial charge >= 0.3 is 5.97 Å². The molecule has 0 aromatic carbocycles. The average molecular weight is 444 g/mol. The van der Waals surface area contributed by atoms with Crippen molar-refractivity contribution in [3.63, 3.8) is 0 Å². The van der Waals surface area contributed by atoms with Crippen LogP contribution in [0.1, 0.15) is 20.3 Å².